The topological polar surface area (TPSA) is 55.1 Å². The maximum absolute atomic E-state index is 13.1. The van der Waals surface area contributed by atoms with E-state index in [9.17, 15) is 9.18 Å². The number of hydrogen-bond acceptors (Lipinski definition) is 2. The van der Waals surface area contributed by atoms with Gasteiger partial charge in [0.1, 0.15) is 5.82 Å². The lowest BCUT2D eigenvalue weighted by Gasteiger charge is -2.14. The Bertz CT molecular complexity index is 628. The lowest BCUT2D eigenvalue weighted by atomic mass is 10.1. The number of halogens is 2. The summed E-state index contributed by atoms with van der Waals surface area (Å²) in [6.45, 7) is 1.88. The molecular formula is C15H14BrFN2O. The molecule has 5 heteroatoms. The highest BCUT2D eigenvalue weighted by Gasteiger charge is 2.12. The van der Waals surface area contributed by atoms with Crippen molar-refractivity contribution in [2.45, 2.75) is 13.0 Å². The summed E-state index contributed by atoms with van der Waals surface area (Å²) in [5.74, 6) is -0.811. The second kappa shape index (κ2) is 6.05. The van der Waals surface area contributed by atoms with Gasteiger partial charge in [-0.05, 0) is 42.8 Å². The van der Waals surface area contributed by atoms with Gasteiger partial charge in [-0.3, -0.25) is 4.79 Å². The van der Waals surface area contributed by atoms with Gasteiger partial charge in [0.2, 0.25) is 0 Å². The van der Waals surface area contributed by atoms with E-state index in [2.05, 4.69) is 21.2 Å². The predicted octanol–water partition coefficient (Wildman–Crippen LogP) is 3.66. The SMILES string of the molecule is C[C@@H](NC(=O)c1ccc(F)c(N)c1)c1ccc(Br)cc1. The van der Waals surface area contributed by atoms with Crippen LogP contribution in [0.2, 0.25) is 0 Å². The van der Waals surface area contributed by atoms with E-state index in [1.54, 1.807) is 0 Å². The molecule has 104 valence electrons. The van der Waals surface area contributed by atoms with Crippen molar-refractivity contribution >= 4 is 27.5 Å². The molecule has 2 aromatic carbocycles. The van der Waals surface area contributed by atoms with Crippen LogP contribution in [0.1, 0.15) is 28.9 Å². The highest BCUT2D eigenvalue weighted by Crippen LogP contribution is 2.18. The van der Waals surface area contributed by atoms with Gasteiger partial charge in [-0.25, -0.2) is 4.39 Å². The fraction of sp³-hybridized carbons (Fsp3) is 0.133. The van der Waals surface area contributed by atoms with Crippen LogP contribution >= 0.6 is 15.9 Å². The number of rotatable bonds is 3. The minimum atomic E-state index is -0.525. The molecule has 0 bridgehead atoms. The van der Waals surface area contributed by atoms with Gasteiger partial charge in [0.15, 0.2) is 0 Å². The van der Waals surface area contributed by atoms with E-state index >= 15 is 0 Å². The first-order valence-corrected chi connectivity index (χ1v) is 6.88. The van der Waals surface area contributed by atoms with Crippen LogP contribution in [0.3, 0.4) is 0 Å². The molecule has 0 radical (unpaired) electrons. The molecule has 0 fully saturated rings. The Hall–Kier alpha value is -1.88. The van der Waals surface area contributed by atoms with Crippen molar-refractivity contribution < 1.29 is 9.18 Å². The van der Waals surface area contributed by atoms with Crippen LogP contribution in [0.4, 0.5) is 10.1 Å². The van der Waals surface area contributed by atoms with Crippen LogP contribution in [-0.2, 0) is 0 Å². The van der Waals surface area contributed by atoms with E-state index in [1.807, 2.05) is 31.2 Å². The average molecular weight is 337 g/mol. The molecule has 0 aromatic heterocycles. The highest BCUT2D eigenvalue weighted by atomic mass is 79.9. The van der Waals surface area contributed by atoms with E-state index in [4.69, 9.17) is 5.73 Å². The molecule has 0 saturated heterocycles. The first-order chi connectivity index (χ1) is 9.47. The lowest BCUT2D eigenvalue weighted by molar-refractivity contribution is 0.0940. The normalized spacial score (nSPS) is 11.9. The molecule has 0 aliphatic carbocycles. The van der Waals surface area contributed by atoms with Crippen molar-refractivity contribution in [1.82, 2.24) is 5.32 Å². The standard InChI is InChI=1S/C15H14BrFN2O/c1-9(10-2-5-12(16)6-3-10)19-15(20)11-4-7-13(17)14(18)8-11/h2-9H,18H2,1H3,(H,19,20)/t9-/m1/s1. The van der Waals surface area contributed by atoms with Crippen molar-refractivity contribution in [3.8, 4) is 0 Å². The van der Waals surface area contributed by atoms with Gasteiger partial charge in [-0.2, -0.15) is 0 Å². The molecule has 20 heavy (non-hydrogen) atoms. The summed E-state index contributed by atoms with van der Waals surface area (Å²) in [6, 6.07) is 11.5. The molecular weight excluding hydrogens is 323 g/mol. The summed E-state index contributed by atoms with van der Waals surface area (Å²) in [4.78, 5) is 12.1. The van der Waals surface area contributed by atoms with Crippen LogP contribution < -0.4 is 11.1 Å². The largest absolute Gasteiger partial charge is 0.396 e. The second-order valence-corrected chi connectivity index (χ2v) is 5.40. The number of nitrogens with two attached hydrogens (primary N) is 1. The van der Waals surface area contributed by atoms with Gasteiger partial charge in [-0.15, -0.1) is 0 Å². The number of amides is 1. The van der Waals surface area contributed by atoms with Crippen LogP contribution in [-0.4, -0.2) is 5.91 Å². The van der Waals surface area contributed by atoms with E-state index in [0.717, 1.165) is 10.0 Å². The van der Waals surface area contributed by atoms with Gasteiger partial charge < -0.3 is 11.1 Å². The van der Waals surface area contributed by atoms with Gasteiger partial charge in [0.25, 0.3) is 5.91 Å². The zero-order valence-corrected chi connectivity index (χ0v) is 12.4. The fourth-order valence-corrected chi connectivity index (χ4v) is 2.06. The van der Waals surface area contributed by atoms with Gasteiger partial charge in [0.05, 0.1) is 11.7 Å². The molecule has 3 nitrogen and oxygen atoms in total. The number of anilines is 1. The van der Waals surface area contributed by atoms with Gasteiger partial charge >= 0.3 is 0 Å². The molecule has 0 aliphatic rings. The number of nitrogen functional groups attached to an aromatic ring is 1. The molecule has 0 spiro atoms. The van der Waals surface area contributed by atoms with E-state index in [1.165, 1.54) is 18.2 Å². The Morgan fingerprint density at radius 2 is 1.90 bits per heavy atom. The third kappa shape index (κ3) is 3.36. The number of carbonyl (C=O) groups excluding carboxylic acids is 1. The Labute approximate surface area is 125 Å². The average Bonchev–Trinajstić information content (AvgIpc) is 2.42. The van der Waals surface area contributed by atoms with E-state index in [-0.39, 0.29) is 17.6 Å². The molecule has 1 amide bonds. The molecule has 3 N–H and O–H groups in total. The number of carbonyl (C=O) groups is 1. The molecule has 0 aliphatic heterocycles. The zero-order chi connectivity index (χ0) is 14.7. The quantitative estimate of drug-likeness (QED) is 0.840. The Morgan fingerprint density at radius 1 is 1.25 bits per heavy atom. The van der Waals surface area contributed by atoms with Crippen molar-refractivity contribution in [1.29, 1.82) is 0 Å². The predicted molar refractivity (Wildman–Crippen MR) is 80.8 cm³/mol. The Balaban J connectivity index is 2.10. The van der Waals surface area contributed by atoms with Crippen LogP contribution in [0.5, 0.6) is 0 Å². The summed E-state index contributed by atoms with van der Waals surface area (Å²) in [5, 5.41) is 2.85. The van der Waals surface area contributed by atoms with Gasteiger partial charge in [0, 0.05) is 10.0 Å². The van der Waals surface area contributed by atoms with Crippen molar-refractivity contribution in [3.63, 3.8) is 0 Å². The molecule has 2 rings (SSSR count). The number of nitrogens with one attached hydrogen (secondary N) is 1. The maximum Gasteiger partial charge on any atom is 0.251 e. The monoisotopic (exact) mass is 336 g/mol. The van der Waals surface area contributed by atoms with Crippen LogP contribution in [0.15, 0.2) is 46.9 Å². The Kier molecular flexibility index (Phi) is 4.39. The molecule has 0 heterocycles. The minimum Gasteiger partial charge on any atom is -0.396 e. The number of benzene rings is 2. The molecule has 2 aromatic rings. The third-order valence-electron chi connectivity index (χ3n) is 2.98. The van der Waals surface area contributed by atoms with E-state index in [0.29, 0.717) is 5.56 Å². The first kappa shape index (κ1) is 14.5. The van der Waals surface area contributed by atoms with E-state index < -0.39 is 5.82 Å². The molecule has 0 unspecified atom stereocenters. The second-order valence-electron chi connectivity index (χ2n) is 4.48. The zero-order valence-electron chi connectivity index (χ0n) is 10.9. The maximum atomic E-state index is 13.1. The van der Waals surface area contributed by atoms with Crippen molar-refractivity contribution in [2.75, 3.05) is 5.73 Å². The van der Waals surface area contributed by atoms with Crippen molar-refractivity contribution in [3.05, 3.63) is 63.9 Å². The molecule has 0 saturated carbocycles. The smallest absolute Gasteiger partial charge is 0.251 e. The Morgan fingerprint density at radius 3 is 2.50 bits per heavy atom. The minimum absolute atomic E-state index is 0.0334. The van der Waals surface area contributed by atoms with Crippen molar-refractivity contribution in [2.24, 2.45) is 0 Å². The number of hydrogen-bond donors (Lipinski definition) is 2. The summed E-state index contributed by atoms with van der Waals surface area (Å²) < 4.78 is 14.0. The van der Waals surface area contributed by atoms with Crippen LogP contribution in [0.25, 0.3) is 0 Å². The summed E-state index contributed by atoms with van der Waals surface area (Å²) in [6.07, 6.45) is 0. The first-order valence-electron chi connectivity index (χ1n) is 6.08. The highest BCUT2D eigenvalue weighted by molar-refractivity contribution is 9.10. The fourth-order valence-electron chi connectivity index (χ4n) is 1.80. The summed E-state index contributed by atoms with van der Waals surface area (Å²) in [5.41, 5.74) is 6.75. The third-order valence-corrected chi connectivity index (χ3v) is 3.50. The van der Waals surface area contributed by atoms with Crippen LogP contribution in [0, 0.1) is 5.82 Å². The lowest BCUT2D eigenvalue weighted by Crippen LogP contribution is -2.26. The summed E-state index contributed by atoms with van der Waals surface area (Å²) >= 11 is 3.36. The summed E-state index contributed by atoms with van der Waals surface area (Å²) in [7, 11) is 0. The molecule has 1 atom stereocenters. The van der Waals surface area contributed by atoms with Gasteiger partial charge in [-0.1, -0.05) is 28.1 Å².